The number of hydrogen-bond acceptors (Lipinski definition) is 4. The summed E-state index contributed by atoms with van der Waals surface area (Å²) in [7, 11) is 0. The van der Waals surface area contributed by atoms with Gasteiger partial charge in [0, 0.05) is 5.69 Å². The molecule has 1 saturated carbocycles. The van der Waals surface area contributed by atoms with Gasteiger partial charge in [-0.05, 0) is 31.2 Å². The molecule has 22 heavy (non-hydrogen) atoms. The molecule has 1 aromatic heterocycles. The Bertz CT molecular complexity index is 811. The SMILES string of the molecule is Cc1[nH]nc2c1C(c1ccccc1)(C1CC1)C(C#N)=C(N)O2. The fourth-order valence-corrected chi connectivity index (χ4v) is 3.71. The molecule has 0 saturated heterocycles. The number of benzene rings is 1. The lowest BCUT2D eigenvalue weighted by Crippen LogP contribution is -2.39. The number of nitrogens with zero attached hydrogens (tertiary/aromatic N) is 2. The zero-order valence-electron chi connectivity index (χ0n) is 12.3. The first-order chi connectivity index (χ1) is 10.7. The molecule has 0 radical (unpaired) electrons. The van der Waals surface area contributed by atoms with Crippen LogP contribution in [0.3, 0.4) is 0 Å². The van der Waals surface area contributed by atoms with Gasteiger partial charge in [0.2, 0.25) is 11.8 Å². The van der Waals surface area contributed by atoms with E-state index in [2.05, 4.69) is 28.4 Å². The Kier molecular flexibility index (Phi) is 2.58. The van der Waals surface area contributed by atoms with Crippen LogP contribution in [0.15, 0.2) is 41.8 Å². The fourth-order valence-electron chi connectivity index (χ4n) is 3.71. The Morgan fingerprint density at radius 2 is 2.09 bits per heavy atom. The Morgan fingerprint density at radius 1 is 1.36 bits per heavy atom. The predicted molar refractivity (Wildman–Crippen MR) is 80.7 cm³/mol. The molecule has 110 valence electrons. The van der Waals surface area contributed by atoms with Gasteiger partial charge in [0.1, 0.15) is 11.6 Å². The highest BCUT2D eigenvalue weighted by Crippen LogP contribution is 2.59. The maximum absolute atomic E-state index is 9.79. The van der Waals surface area contributed by atoms with Gasteiger partial charge in [0.05, 0.1) is 11.0 Å². The highest BCUT2D eigenvalue weighted by Gasteiger charge is 2.56. The van der Waals surface area contributed by atoms with Crippen LogP contribution in [0.4, 0.5) is 0 Å². The van der Waals surface area contributed by atoms with Crippen molar-refractivity contribution in [2.24, 2.45) is 11.7 Å². The smallest absolute Gasteiger partial charge is 0.244 e. The standard InChI is InChI=1S/C17H16N4O/c1-10-14-16(21-20-10)22-15(19)13(9-18)17(14,12-7-8-12)11-5-3-2-4-6-11/h2-6,12H,7-8,19H2,1H3,(H,20,21). The largest absolute Gasteiger partial charge is 0.420 e. The average Bonchev–Trinajstić information content (AvgIpc) is 3.32. The lowest BCUT2D eigenvalue weighted by molar-refractivity contribution is 0.344. The van der Waals surface area contributed by atoms with Gasteiger partial charge in [-0.3, -0.25) is 5.10 Å². The molecule has 5 nitrogen and oxygen atoms in total. The van der Waals surface area contributed by atoms with E-state index in [0.717, 1.165) is 29.7 Å². The molecule has 4 rings (SSSR count). The number of aromatic nitrogens is 2. The van der Waals surface area contributed by atoms with E-state index < -0.39 is 5.41 Å². The lowest BCUT2D eigenvalue weighted by atomic mass is 9.65. The monoisotopic (exact) mass is 292 g/mol. The summed E-state index contributed by atoms with van der Waals surface area (Å²) in [6, 6.07) is 12.4. The minimum atomic E-state index is -0.551. The average molecular weight is 292 g/mol. The second-order valence-electron chi connectivity index (χ2n) is 5.93. The summed E-state index contributed by atoms with van der Waals surface area (Å²) in [6.07, 6.45) is 2.13. The molecule has 0 spiro atoms. The van der Waals surface area contributed by atoms with Crippen LogP contribution in [-0.2, 0) is 5.41 Å². The van der Waals surface area contributed by atoms with E-state index in [9.17, 15) is 5.26 Å². The number of rotatable bonds is 2. The molecule has 0 bridgehead atoms. The summed E-state index contributed by atoms with van der Waals surface area (Å²) >= 11 is 0. The molecule has 1 aliphatic carbocycles. The predicted octanol–water partition coefficient (Wildman–Crippen LogP) is 2.50. The maximum atomic E-state index is 9.79. The number of nitrogens with one attached hydrogen (secondary N) is 1. The third-order valence-electron chi connectivity index (χ3n) is 4.69. The molecule has 1 aromatic carbocycles. The van der Waals surface area contributed by atoms with Crippen molar-refractivity contribution >= 4 is 0 Å². The van der Waals surface area contributed by atoms with Gasteiger partial charge in [-0.25, -0.2) is 0 Å². The van der Waals surface area contributed by atoms with Crippen LogP contribution in [0.2, 0.25) is 0 Å². The van der Waals surface area contributed by atoms with Gasteiger partial charge in [0.15, 0.2) is 0 Å². The highest BCUT2D eigenvalue weighted by molar-refractivity contribution is 5.62. The van der Waals surface area contributed by atoms with E-state index in [0.29, 0.717) is 17.4 Å². The van der Waals surface area contributed by atoms with E-state index in [1.165, 1.54) is 0 Å². The van der Waals surface area contributed by atoms with Crippen molar-refractivity contribution in [3.05, 3.63) is 58.6 Å². The second-order valence-corrected chi connectivity index (χ2v) is 5.93. The third-order valence-corrected chi connectivity index (χ3v) is 4.69. The maximum Gasteiger partial charge on any atom is 0.244 e. The van der Waals surface area contributed by atoms with Crippen LogP contribution in [-0.4, -0.2) is 10.2 Å². The second kappa shape index (κ2) is 4.38. The minimum Gasteiger partial charge on any atom is -0.420 e. The van der Waals surface area contributed by atoms with Crippen LogP contribution in [0, 0.1) is 24.2 Å². The molecule has 1 aliphatic heterocycles. The molecule has 1 atom stereocenters. The van der Waals surface area contributed by atoms with Gasteiger partial charge in [-0.2, -0.15) is 5.26 Å². The van der Waals surface area contributed by atoms with E-state index in [1.807, 2.05) is 25.1 Å². The summed E-state index contributed by atoms with van der Waals surface area (Å²) in [4.78, 5) is 0. The number of ether oxygens (including phenoxy) is 1. The quantitative estimate of drug-likeness (QED) is 0.890. The molecular formula is C17H16N4O. The van der Waals surface area contributed by atoms with Gasteiger partial charge in [0.25, 0.3) is 0 Å². The Balaban J connectivity index is 2.11. The molecule has 1 fully saturated rings. The van der Waals surface area contributed by atoms with Crippen LogP contribution in [0.25, 0.3) is 0 Å². The normalized spacial score (nSPS) is 23.6. The van der Waals surface area contributed by atoms with Crippen LogP contribution < -0.4 is 10.5 Å². The number of allylic oxidation sites excluding steroid dienone is 1. The number of hydrogen-bond donors (Lipinski definition) is 2. The Labute approximate surface area is 128 Å². The van der Waals surface area contributed by atoms with Crippen LogP contribution >= 0.6 is 0 Å². The number of aryl methyl sites for hydroxylation is 1. The van der Waals surface area contributed by atoms with Crippen molar-refractivity contribution in [2.75, 3.05) is 0 Å². The lowest BCUT2D eigenvalue weighted by Gasteiger charge is -2.37. The van der Waals surface area contributed by atoms with Gasteiger partial charge < -0.3 is 10.5 Å². The van der Waals surface area contributed by atoms with E-state index in [1.54, 1.807) is 0 Å². The van der Waals surface area contributed by atoms with Gasteiger partial charge in [-0.15, -0.1) is 5.10 Å². The Morgan fingerprint density at radius 3 is 2.73 bits per heavy atom. The van der Waals surface area contributed by atoms with Crippen molar-refractivity contribution in [1.29, 1.82) is 5.26 Å². The topological polar surface area (TPSA) is 87.7 Å². The summed E-state index contributed by atoms with van der Waals surface area (Å²) in [5, 5.41) is 17.0. The number of H-pyrrole nitrogens is 1. The van der Waals surface area contributed by atoms with E-state index >= 15 is 0 Å². The van der Waals surface area contributed by atoms with Crippen LogP contribution in [0.5, 0.6) is 5.88 Å². The molecule has 2 aliphatic rings. The highest BCUT2D eigenvalue weighted by atomic mass is 16.5. The van der Waals surface area contributed by atoms with Crippen molar-refractivity contribution in [3.8, 4) is 11.9 Å². The number of fused-ring (bicyclic) bond motifs is 1. The third kappa shape index (κ3) is 1.49. The molecule has 5 heteroatoms. The number of nitrogens with two attached hydrogens (primary N) is 1. The molecule has 2 heterocycles. The molecule has 2 aromatic rings. The molecular weight excluding hydrogens is 276 g/mol. The molecule has 0 amide bonds. The van der Waals surface area contributed by atoms with Gasteiger partial charge in [-0.1, -0.05) is 30.3 Å². The summed E-state index contributed by atoms with van der Waals surface area (Å²) in [5.41, 5.74) is 8.97. The van der Waals surface area contributed by atoms with E-state index in [4.69, 9.17) is 10.5 Å². The Hall–Kier alpha value is -2.74. The fraction of sp³-hybridized carbons (Fsp3) is 0.294. The first-order valence-corrected chi connectivity index (χ1v) is 7.38. The minimum absolute atomic E-state index is 0.164. The summed E-state index contributed by atoms with van der Waals surface area (Å²) in [6.45, 7) is 1.96. The van der Waals surface area contributed by atoms with Crippen molar-refractivity contribution in [1.82, 2.24) is 10.2 Å². The number of nitriles is 1. The van der Waals surface area contributed by atoms with Crippen LogP contribution in [0.1, 0.15) is 29.7 Å². The first kappa shape index (κ1) is 13.0. The first-order valence-electron chi connectivity index (χ1n) is 7.38. The summed E-state index contributed by atoms with van der Waals surface area (Å²) < 4.78 is 5.60. The van der Waals surface area contributed by atoms with Gasteiger partial charge >= 0.3 is 0 Å². The molecule has 3 N–H and O–H groups in total. The van der Waals surface area contributed by atoms with Crippen molar-refractivity contribution in [3.63, 3.8) is 0 Å². The van der Waals surface area contributed by atoms with E-state index in [-0.39, 0.29) is 5.88 Å². The van der Waals surface area contributed by atoms with Crippen molar-refractivity contribution in [2.45, 2.75) is 25.2 Å². The summed E-state index contributed by atoms with van der Waals surface area (Å²) in [5.74, 6) is 1.00. The zero-order valence-corrected chi connectivity index (χ0v) is 12.3. The number of aromatic amines is 1. The van der Waals surface area contributed by atoms with Crippen molar-refractivity contribution < 1.29 is 4.74 Å². The zero-order chi connectivity index (χ0) is 15.3. The molecule has 1 unspecified atom stereocenters.